The van der Waals surface area contributed by atoms with Crippen LogP contribution in [-0.2, 0) is 11.3 Å². The van der Waals surface area contributed by atoms with E-state index < -0.39 is 0 Å². The fraction of sp³-hybridized carbons (Fsp3) is 0.471. The first kappa shape index (κ1) is 15.6. The first-order valence-electron chi connectivity index (χ1n) is 7.51. The van der Waals surface area contributed by atoms with Gasteiger partial charge in [0.2, 0.25) is 0 Å². The first-order valence-corrected chi connectivity index (χ1v) is 7.51. The molecule has 1 aliphatic heterocycles. The van der Waals surface area contributed by atoms with E-state index in [4.69, 9.17) is 4.74 Å². The number of hydrogen-bond donors (Lipinski definition) is 1. The van der Waals surface area contributed by atoms with Gasteiger partial charge in [-0.3, -0.25) is 4.99 Å². The molecule has 0 spiro atoms. The molecule has 0 fully saturated rings. The molecule has 4 nitrogen and oxygen atoms in total. The molecule has 0 amide bonds. The minimum absolute atomic E-state index is 0.762. The van der Waals surface area contributed by atoms with Gasteiger partial charge in [0, 0.05) is 27.2 Å². The highest BCUT2D eigenvalue weighted by Gasteiger charge is 2.07. The molecule has 1 aromatic rings. The van der Waals surface area contributed by atoms with Crippen LogP contribution in [0.15, 0.2) is 47.0 Å². The van der Waals surface area contributed by atoms with E-state index in [0.29, 0.717) is 0 Å². The van der Waals surface area contributed by atoms with Gasteiger partial charge in [-0.1, -0.05) is 42.0 Å². The van der Waals surface area contributed by atoms with Crippen LogP contribution in [0.4, 0.5) is 0 Å². The summed E-state index contributed by atoms with van der Waals surface area (Å²) in [6, 6.07) is 10.4. The molecule has 0 saturated carbocycles. The smallest absolute Gasteiger partial charge is 0.193 e. The van der Waals surface area contributed by atoms with Gasteiger partial charge in [0.15, 0.2) is 5.96 Å². The van der Waals surface area contributed by atoms with Crippen LogP contribution < -0.4 is 5.32 Å². The van der Waals surface area contributed by atoms with Crippen LogP contribution in [0.1, 0.15) is 18.4 Å². The lowest BCUT2D eigenvalue weighted by molar-refractivity contribution is 0.153. The Morgan fingerprint density at radius 1 is 1.33 bits per heavy atom. The third-order valence-electron chi connectivity index (χ3n) is 3.62. The maximum Gasteiger partial charge on any atom is 0.193 e. The average molecular weight is 287 g/mol. The average Bonchev–Trinajstić information content (AvgIpc) is 2.53. The van der Waals surface area contributed by atoms with Crippen LogP contribution >= 0.6 is 0 Å². The van der Waals surface area contributed by atoms with Crippen molar-refractivity contribution in [2.75, 3.05) is 33.9 Å². The largest absolute Gasteiger partial charge is 0.377 e. The summed E-state index contributed by atoms with van der Waals surface area (Å²) in [5.74, 6) is 0.937. The monoisotopic (exact) mass is 287 g/mol. The van der Waals surface area contributed by atoms with Crippen molar-refractivity contribution in [3.8, 4) is 0 Å². The molecule has 0 radical (unpaired) electrons. The van der Waals surface area contributed by atoms with E-state index >= 15 is 0 Å². The second-order valence-electron chi connectivity index (χ2n) is 5.25. The van der Waals surface area contributed by atoms with Crippen LogP contribution in [0.3, 0.4) is 0 Å². The van der Waals surface area contributed by atoms with Gasteiger partial charge in [-0.2, -0.15) is 0 Å². The molecule has 1 N–H and O–H groups in total. The predicted octanol–water partition coefficient (Wildman–Crippen LogP) is 2.43. The third kappa shape index (κ3) is 5.23. The van der Waals surface area contributed by atoms with Crippen molar-refractivity contribution in [1.82, 2.24) is 10.2 Å². The summed E-state index contributed by atoms with van der Waals surface area (Å²) < 4.78 is 5.32. The van der Waals surface area contributed by atoms with E-state index in [1.165, 1.54) is 11.1 Å². The normalized spacial score (nSPS) is 15.5. The van der Waals surface area contributed by atoms with E-state index in [1.807, 2.05) is 13.1 Å². The Morgan fingerprint density at radius 3 is 2.81 bits per heavy atom. The molecule has 114 valence electrons. The van der Waals surface area contributed by atoms with Crippen molar-refractivity contribution >= 4 is 5.96 Å². The Kier molecular flexibility index (Phi) is 6.28. The van der Waals surface area contributed by atoms with Gasteiger partial charge in [-0.25, -0.2) is 0 Å². The van der Waals surface area contributed by atoms with E-state index in [2.05, 4.69) is 52.6 Å². The van der Waals surface area contributed by atoms with Gasteiger partial charge in [0.05, 0.1) is 13.2 Å². The minimum atomic E-state index is 0.762. The zero-order valence-electron chi connectivity index (χ0n) is 13.0. The standard InChI is InChI=1S/C17H25N3O/c1-18-17(19-11-8-15-9-12-21-13-10-15)20(2)14-16-6-4-3-5-7-16/h3-7,9H,8,10-14H2,1-2H3,(H,18,19). The molecular weight excluding hydrogens is 262 g/mol. The number of nitrogens with one attached hydrogen (secondary N) is 1. The van der Waals surface area contributed by atoms with Gasteiger partial charge in [-0.05, 0) is 18.4 Å². The zero-order valence-corrected chi connectivity index (χ0v) is 13.0. The van der Waals surface area contributed by atoms with Crippen molar-refractivity contribution in [3.05, 3.63) is 47.5 Å². The van der Waals surface area contributed by atoms with Crippen molar-refractivity contribution < 1.29 is 4.74 Å². The molecule has 0 bridgehead atoms. The molecule has 0 saturated heterocycles. The lowest BCUT2D eigenvalue weighted by Gasteiger charge is -2.22. The lowest BCUT2D eigenvalue weighted by atomic mass is 10.1. The number of guanidine groups is 1. The number of ether oxygens (including phenoxy) is 1. The van der Waals surface area contributed by atoms with Gasteiger partial charge >= 0.3 is 0 Å². The molecule has 0 unspecified atom stereocenters. The van der Waals surface area contributed by atoms with Crippen molar-refractivity contribution in [2.45, 2.75) is 19.4 Å². The van der Waals surface area contributed by atoms with Crippen LogP contribution in [-0.4, -0.2) is 44.7 Å². The molecule has 2 rings (SSSR count). The Bertz CT molecular complexity index is 482. The van der Waals surface area contributed by atoms with Gasteiger partial charge < -0.3 is 15.0 Å². The van der Waals surface area contributed by atoms with Gasteiger partial charge in [0.25, 0.3) is 0 Å². The Balaban J connectivity index is 1.78. The summed E-state index contributed by atoms with van der Waals surface area (Å²) in [6.45, 7) is 3.39. The van der Waals surface area contributed by atoms with Crippen LogP contribution in [0.2, 0.25) is 0 Å². The van der Waals surface area contributed by atoms with Crippen molar-refractivity contribution in [3.63, 3.8) is 0 Å². The summed E-state index contributed by atoms with van der Waals surface area (Å²) in [5.41, 5.74) is 2.77. The van der Waals surface area contributed by atoms with Crippen LogP contribution in [0.5, 0.6) is 0 Å². The fourth-order valence-electron chi connectivity index (χ4n) is 2.44. The Morgan fingerprint density at radius 2 is 2.14 bits per heavy atom. The number of nitrogens with zero attached hydrogens (tertiary/aromatic N) is 2. The quantitative estimate of drug-likeness (QED) is 0.513. The number of aliphatic imine (C=N–C) groups is 1. The topological polar surface area (TPSA) is 36.9 Å². The molecule has 4 heteroatoms. The number of benzene rings is 1. The van der Waals surface area contributed by atoms with Crippen molar-refractivity contribution in [2.24, 2.45) is 4.99 Å². The summed E-state index contributed by atoms with van der Waals surface area (Å²) in [4.78, 5) is 6.50. The van der Waals surface area contributed by atoms with E-state index in [-0.39, 0.29) is 0 Å². The van der Waals surface area contributed by atoms with Gasteiger partial charge in [0.1, 0.15) is 0 Å². The van der Waals surface area contributed by atoms with Gasteiger partial charge in [-0.15, -0.1) is 0 Å². The molecule has 1 aliphatic rings. The predicted molar refractivity (Wildman–Crippen MR) is 87.4 cm³/mol. The molecule has 1 heterocycles. The molecular formula is C17H25N3O. The van der Waals surface area contributed by atoms with Crippen LogP contribution in [0.25, 0.3) is 0 Å². The zero-order chi connectivity index (χ0) is 14.9. The highest BCUT2D eigenvalue weighted by Crippen LogP contribution is 2.11. The summed E-state index contributed by atoms with van der Waals surface area (Å²) >= 11 is 0. The molecule has 0 atom stereocenters. The lowest BCUT2D eigenvalue weighted by Crippen LogP contribution is -2.39. The second-order valence-corrected chi connectivity index (χ2v) is 5.25. The molecule has 1 aromatic carbocycles. The summed E-state index contributed by atoms with van der Waals surface area (Å²) in [5, 5.41) is 3.43. The minimum Gasteiger partial charge on any atom is -0.377 e. The van der Waals surface area contributed by atoms with Crippen molar-refractivity contribution in [1.29, 1.82) is 0 Å². The highest BCUT2D eigenvalue weighted by molar-refractivity contribution is 5.79. The second kappa shape index (κ2) is 8.47. The number of rotatable bonds is 5. The fourth-order valence-corrected chi connectivity index (χ4v) is 2.44. The molecule has 0 aromatic heterocycles. The SMILES string of the molecule is CN=C(NCCC1=CCOCC1)N(C)Cc1ccccc1. The third-order valence-corrected chi connectivity index (χ3v) is 3.62. The maximum atomic E-state index is 5.32. The number of hydrogen-bond acceptors (Lipinski definition) is 2. The van der Waals surface area contributed by atoms with E-state index in [9.17, 15) is 0 Å². The molecule has 21 heavy (non-hydrogen) atoms. The maximum absolute atomic E-state index is 5.32. The van der Waals surface area contributed by atoms with E-state index in [1.54, 1.807) is 0 Å². The van der Waals surface area contributed by atoms with Crippen LogP contribution in [0, 0.1) is 0 Å². The first-order chi connectivity index (χ1) is 10.3. The Hall–Kier alpha value is -1.81. The summed E-state index contributed by atoms with van der Waals surface area (Å²) in [6.07, 6.45) is 4.31. The molecule has 0 aliphatic carbocycles. The summed E-state index contributed by atoms with van der Waals surface area (Å²) in [7, 11) is 3.90. The Labute approximate surface area is 127 Å². The highest BCUT2D eigenvalue weighted by atomic mass is 16.5. The van der Waals surface area contributed by atoms with E-state index in [0.717, 1.165) is 45.1 Å².